The van der Waals surface area contributed by atoms with E-state index in [0.717, 1.165) is 11.8 Å². The Morgan fingerprint density at radius 3 is 0.724 bits per heavy atom. The average Bonchev–Trinajstić information content (AvgIpc) is 1.61. The van der Waals surface area contributed by atoms with E-state index in [4.69, 9.17) is 0 Å². The summed E-state index contributed by atoms with van der Waals surface area (Å²) in [6, 6.07) is 0. The molecule has 2 fully saturated rings. The molecule has 0 aromatic rings. The minimum atomic E-state index is 0.428. The largest absolute Gasteiger partial charge is 0.312 e. The highest BCUT2D eigenvalue weighted by Gasteiger charge is 2.42. The molecule has 0 N–H and O–H groups in total. The smallest absolute Gasteiger partial charge is 0.0237 e. The molecule has 3 nitrogen and oxygen atoms in total. The SMILES string of the molecule is CCCCCCCCCCCCCCCCCCCCC(C)(C1CCCCCCCCC1)N(CC)CC.CCCCCCCCCCCCCCCCCCCCCC(CCC)(C1CCCCCCCCCCC1)N(CCCC)CCCC.CN(C)C. The van der Waals surface area contributed by atoms with Gasteiger partial charge < -0.3 is 4.90 Å². The first-order chi connectivity index (χ1) is 42.7. The molecule has 0 aliphatic heterocycles. The molecule has 2 saturated carbocycles. The minimum absolute atomic E-state index is 0.428. The number of rotatable bonds is 53. The maximum Gasteiger partial charge on any atom is 0.0237 e. The molecular formula is C84H173N3. The second-order valence-electron chi connectivity index (χ2n) is 30.5. The molecule has 0 spiro atoms. The van der Waals surface area contributed by atoms with Gasteiger partial charge in [0.2, 0.25) is 0 Å². The average molecular weight is 1230 g/mol. The van der Waals surface area contributed by atoms with Crippen molar-refractivity contribution in [3.8, 4) is 0 Å². The van der Waals surface area contributed by atoms with E-state index in [1.807, 2.05) is 26.0 Å². The number of hydrogen-bond donors (Lipinski definition) is 0. The fourth-order valence-corrected chi connectivity index (χ4v) is 16.4. The first-order valence-corrected chi connectivity index (χ1v) is 41.8. The summed E-state index contributed by atoms with van der Waals surface area (Å²) in [6.45, 7) is 24.6. The third-order valence-corrected chi connectivity index (χ3v) is 22.0. The van der Waals surface area contributed by atoms with Gasteiger partial charge in [0.1, 0.15) is 0 Å². The van der Waals surface area contributed by atoms with Gasteiger partial charge in [-0.2, -0.15) is 0 Å². The van der Waals surface area contributed by atoms with Crippen LogP contribution in [0.2, 0.25) is 0 Å². The highest BCUT2D eigenvalue weighted by atomic mass is 15.2. The Kier molecular flexibility index (Phi) is 67.2. The summed E-state index contributed by atoms with van der Waals surface area (Å²) in [5.74, 6) is 1.84. The third kappa shape index (κ3) is 51.0. The van der Waals surface area contributed by atoms with Crippen molar-refractivity contribution in [2.45, 2.75) is 484 Å². The second-order valence-corrected chi connectivity index (χ2v) is 30.5. The maximum absolute atomic E-state index is 3.12. The standard InChI is InChI=1S/C45H91N.C36H73N.C3H9N/c1-5-9-12-13-14-15-16-17-18-19-20-21-22-23-24-28-31-34-37-41-45(40-8-4,46(42-10-6-2)43-11-7-3)44-38-35-32-29-26-25-27-30-33-36-39-44;1-5-8-9-10-11-12-13-14-15-16-17-18-19-20-21-25-28-31-34-36(4,37(6-2)7-3)35-32-29-26-23-22-24-27-30-33-35;1-4(2)3/h44H,5-43H2,1-4H3;35H,5-34H2,1-4H3;1-3H3. The normalized spacial score (nSPS) is 17.0. The number of unbranched alkanes of at least 4 members (excludes halogenated alkanes) is 37. The molecule has 2 unspecified atom stereocenters. The molecule has 0 radical (unpaired) electrons. The van der Waals surface area contributed by atoms with E-state index in [9.17, 15) is 0 Å². The van der Waals surface area contributed by atoms with Gasteiger partial charge in [-0.15, -0.1) is 0 Å². The van der Waals surface area contributed by atoms with Crippen LogP contribution in [-0.2, 0) is 0 Å². The summed E-state index contributed by atoms with van der Waals surface area (Å²) < 4.78 is 0. The topological polar surface area (TPSA) is 9.72 Å². The van der Waals surface area contributed by atoms with Crippen molar-refractivity contribution in [3.05, 3.63) is 0 Å². The van der Waals surface area contributed by atoms with Crippen molar-refractivity contribution in [3.63, 3.8) is 0 Å². The molecule has 0 aromatic heterocycles. The quantitative estimate of drug-likeness (QED) is 0.0562. The lowest BCUT2D eigenvalue weighted by atomic mass is 9.70. The van der Waals surface area contributed by atoms with Crippen LogP contribution in [0.5, 0.6) is 0 Å². The number of nitrogens with zero attached hydrogens (tertiary/aromatic N) is 3. The van der Waals surface area contributed by atoms with Crippen LogP contribution in [-0.4, -0.2) is 73.1 Å². The molecule has 0 saturated heterocycles. The van der Waals surface area contributed by atoms with Crippen molar-refractivity contribution in [2.75, 3.05) is 47.3 Å². The summed E-state index contributed by atoms with van der Waals surface area (Å²) in [4.78, 5) is 7.96. The van der Waals surface area contributed by atoms with Crippen molar-refractivity contribution < 1.29 is 0 Å². The Morgan fingerprint density at radius 2 is 0.471 bits per heavy atom. The molecule has 2 rings (SSSR count). The maximum atomic E-state index is 3.12. The summed E-state index contributed by atoms with van der Waals surface area (Å²) in [7, 11) is 6.00. The molecule has 2 aliphatic rings. The summed E-state index contributed by atoms with van der Waals surface area (Å²) >= 11 is 0. The summed E-state index contributed by atoms with van der Waals surface area (Å²) in [6.07, 6.45) is 95.4. The molecule has 524 valence electrons. The van der Waals surface area contributed by atoms with E-state index in [-0.39, 0.29) is 0 Å². The first kappa shape index (κ1) is 86.9. The predicted octanol–water partition coefficient (Wildman–Crippen LogP) is 29.0. The molecule has 0 aromatic carbocycles. The van der Waals surface area contributed by atoms with Crippen molar-refractivity contribution >= 4 is 0 Å². The fraction of sp³-hybridized carbons (Fsp3) is 1.00. The van der Waals surface area contributed by atoms with Crippen LogP contribution in [0.1, 0.15) is 473 Å². The fourth-order valence-electron chi connectivity index (χ4n) is 16.4. The van der Waals surface area contributed by atoms with Gasteiger partial charge in [-0.3, -0.25) is 9.80 Å². The van der Waals surface area contributed by atoms with Crippen LogP contribution in [0.3, 0.4) is 0 Å². The lowest BCUT2D eigenvalue weighted by molar-refractivity contribution is -0.000192. The van der Waals surface area contributed by atoms with Crippen molar-refractivity contribution in [2.24, 2.45) is 11.8 Å². The zero-order chi connectivity index (χ0) is 63.7. The molecule has 3 heteroatoms. The first-order valence-electron chi connectivity index (χ1n) is 41.8. The molecule has 2 atom stereocenters. The Labute approximate surface area is 554 Å². The molecule has 0 amide bonds. The van der Waals surface area contributed by atoms with Gasteiger partial charge in [0.15, 0.2) is 0 Å². The van der Waals surface area contributed by atoms with Crippen molar-refractivity contribution in [1.29, 1.82) is 0 Å². The highest BCUT2D eigenvalue weighted by molar-refractivity contribution is 4.97. The molecule has 2 aliphatic carbocycles. The van der Waals surface area contributed by atoms with Gasteiger partial charge in [-0.25, -0.2) is 0 Å². The molecular weight excluding hydrogens is 1050 g/mol. The van der Waals surface area contributed by atoms with Crippen LogP contribution in [0.25, 0.3) is 0 Å². The zero-order valence-electron chi connectivity index (χ0n) is 63.3. The van der Waals surface area contributed by atoms with Crippen LogP contribution >= 0.6 is 0 Å². The van der Waals surface area contributed by atoms with Gasteiger partial charge in [0, 0.05) is 11.1 Å². The Balaban J connectivity index is 0.00000163. The van der Waals surface area contributed by atoms with E-state index in [2.05, 4.69) is 65.2 Å². The lowest BCUT2D eigenvalue weighted by Gasteiger charge is -2.51. The van der Waals surface area contributed by atoms with Crippen molar-refractivity contribution in [1.82, 2.24) is 14.7 Å². The van der Waals surface area contributed by atoms with E-state index in [1.165, 1.54) is 444 Å². The second kappa shape index (κ2) is 67.3. The van der Waals surface area contributed by atoms with Gasteiger partial charge in [-0.05, 0) is 124 Å². The van der Waals surface area contributed by atoms with Crippen LogP contribution in [0.4, 0.5) is 0 Å². The third-order valence-electron chi connectivity index (χ3n) is 22.0. The summed E-state index contributed by atoms with van der Waals surface area (Å²) in [5.41, 5.74) is 0.898. The van der Waals surface area contributed by atoms with E-state index in [1.54, 1.807) is 0 Å². The Bertz CT molecular complexity index is 1240. The van der Waals surface area contributed by atoms with Crippen LogP contribution in [0, 0.1) is 11.8 Å². The predicted molar refractivity (Wildman–Crippen MR) is 401 cm³/mol. The zero-order valence-corrected chi connectivity index (χ0v) is 63.3. The van der Waals surface area contributed by atoms with E-state index >= 15 is 0 Å². The van der Waals surface area contributed by atoms with Gasteiger partial charge in [0.05, 0.1) is 0 Å². The van der Waals surface area contributed by atoms with Crippen LogP contribution < -0.4 is 0 Å². The van der Waals surface area contributed by atoms with Gasteiger partial charge in [0.25, 0.3) is 0 Å². The lowest BCUT2D eigenvalue weighted by Crippen LogP contribution is -2.55. The summed E-state index contributed by atoms with van der Waals surface area (Å²) in [5, 5.41) is 0. The number of hydrogen-bond acceptors (Lipinski definition) is 3. The molecule has 87 heavy (non-hydrogen) atoms. The Morgan fingerprint density at radius 1 is 0.241 bits per heavy atom. The van der Waals surface area contributed by atoms with E-state index in [0.29, 0.717) is 11.1 Å². The van der Waals surface area contributed by atoms with Gasteiger partial charge >= 0.3 is 0 Å². The van der Waals surface area contributed by atoms with Crippen LogP contribution in [0.15, 0.2) is 0 Å². The minimum Gasteiger partial charge on any atom is -0.312 e. The molecule has 0 bridgehead atoms. The highest BCUT2D eigenvalue weighted by Crippen LogP contribution is 2.43. The van der Waals surface area contributed by atoms with Gasteiger partial charge in [-0.1, -0.05) is 408 Å². The van der Waals surface area contributed by atoms with E-state index < -0.39 is 0 Å². The molecule has 0 heterocycles. The monoisotopic (exact) mass is 1220 g/mol. The Hall–Kier alpha value is -0.120.